The molecule has 0 aliphatic heterocycles. The summed E-state index contributed by atoms with van der Waals surface area (Å²) in [7, 11) is 0. The van der Waals surface area contributed by atoms with Crippen molar-refractivity contribution < 1.29 is 4.52 Å². The lowest BCUT2D eigenvalue weighted by Gasteiger charge is -2.01. The molecule has 1 aliphatic rings. The summed E-state index contributed by atoms with van der Waals surface area (Å²) < 4.78 is 5.30. The first-order valence-electron chi connectivity index (χ1n) is 5.95. The van der Waals surface area contributed by atoms with Crippen molar-refractivity contribution in [3.8, 4) is 0 Å². The minimum Gasteiger partial charge on any atom is -0.339 e. The zero-order valence-electron chi connectivity index (χ0n) is 9.69. The molecule has 0 saturated heterocycles. The van der Waals surface area contributed by atoms with Crippen LogP contribution in [0.3, 0.4) is 0 Å². The van der Waals surface area contributed by atoms with Gasteiger partial charge in [-0.05, 0) is 31.4 Å². The Morgan fingerprint density at radius 1 is 1.50 bits per heavy atom. The van der Waals surface area contributed by atoms with Crippen molar-refractivity contribution in [3.63, 3.8) is 0 Å². The molecule has 1 aromatic rings. The Kier molecular flexibility index (Phi) is 4.23. The van der Waals surface area contributed by atoms with Crippen LogP contribution in [0.15, 0.2) is 4.52 Å². The van der Waals surface area contributed by atoms with Gasteiger partial charge in [0.25, 0.3) is 0 Å². The summed E-state index contributed by atoms with van der Waals surface area (Å²) in [6, 6.07) is 0.315. The van der Waals surface area contributed by atoms with Gasteiger partial charge in [-0.2, -0.15) is 16.7 Å². The van der Waals surface area contributed by atoms with Crippen LogP contribution in [0.5, 0.6) is 0 Å². The van der Waals surface area contributed by atoms with Gasteiger partial charge in [0.1, 0.15) is 0 Å². The largest absolute Gasteiger partial charge is 0.339 e. The van der Waals surface area contributed by atoms with E-state index in [0.29, 0.717) is 12.0 Å². The first-order valence-corrected chi connectivity index (χ1v) is 7.11. The van der Waals surface area contributed by atoms with E-state index in [0.717, 1.165) is 42.5 Å². The van der Waals surface area contributed by atoms with Gasteiger partial charge in [0.05, 0.1) is 5.75 Å². The van der Waals surface area contributed by atoms with Crippen molar-refractivity contribution in [2.24, 2.45) is 5.73 Å². The van der Waals surface area contributed by atoms with Crippen LogP contribution in [0.2, 0.25) is 0 Å². The van der Waals surface area contributed by atoms with Crippen molar-refractivity contribution in [1.82, 2.24) is 10.1 Å². The maximum absolute atomic E-state index is 5.87. The molecule has 4 nitrogen and oxygen atoms in total. The second-order valence-corrected chi connectivity index (χ2v) is 5.48. The topological polar surface area (TPSA) is 64.9 Å². The van der Waals surface area contributed by atoms with Crippen LogP contribution in [-0.4, -0.2) is 21.9 Å². The number of nitrogens with two attached hydrogens (primary N) is 1. The average Bonchev–Trinajstić information content (AvgIpc) is 2.87. The Morgan fingerprint density at radius 2 is 2.38 bits per heavy atom. The predicted molar refractivity (Wildman–Crippen MR) is 65.3 cm³/mol. The highest BCUT2D eigenvalue weighted by Crippen LogP contribution is 2.32. The zero-order chi connectivity index (χ0) is 11.4. The molecule has 16 heavy (non-hydrogen) atoms. The Morgan fingerprint density at radius 3 is 3.06 bits per heavy atom. The van der Waals surface area contributed by atoms with Gasteiger partial charge in [-0.3, -0.25) is 0 Å². The van der Waals surface area contributed by atoms with E-state index < -0.39 is 0 Å². The van der Waals surface area contributed by atoms with Gasteiger partial charge in [0.15, 0.2) is 5.82 Å². The molecule has 1 aliphatic carbocycles. The Balaban J connectivity index is 1.87. The lowest BCUT2D eigenvalue weighted by Crippen LogP contribution is -2.14. The van der Waals surface area contributed by atoms with E-state index in [4.69, 9.17) is 10.3 Å². The summed E-state index contributed by atoms with van der Waals surface area (Å²) in [6.07, 6.45) is 4.34. The van der Waals surface area contributed by atoms with Crippen LogP contribution in [-0.2, 0) is 5.75 Å². The monoisotopic (exact) mass is 241 g/mol. The molecule has 1 fully saturated rings. The summed E-state index contributed by atoms with van der Waals surface area (Å²) in [5.74, 6) is 4.02. The third kappa shape index (κ3) is 2.98. The first-order chi connectivity index (χ1) is 7.79. The molecule has 2 N–H and O–H groups in total. The van der Waals surface area contributed by atoms with Crippen LogP contribution < -0.4 is 5.73 Å². The summed E-state index contributed by atoms with van der Waals surface area (Å²) in [5.41, 5.74) is 5.87. The van der Waals surface area contributed by atoms with Gasteiger partial charge in [-0.15, -0.1) is 0 Å². The Bertz CT molecular complexity index is 329. The number of thioether (sulfide) groups is 1. The molecule has 2 atom stereocenters. The molecule has 0 spiro atoms. The number of hydrogen-bond donors (Lipinski definition) is 1. The van der Waals surface area contributed by atoms with Gasteiger partial charge >= 0.3 is 0 Å². The fraction of sp³-hybridized carbons (Fsp3) is 0.818. The van der Waals surface area contributed by atoms with Gasteiger partial charge in [0, 0.05) is 12.0 Å². The van der Waals surface area contributed by atoms with Crippen molar-refractivity contribution in [2.75, 3.05) is 5.75 Å². The van der Waals surface area contributed by atoms with E-state index in [-0.39, 0.29) is 0 Å². The molecule has 0 amide bonds. The van der Waals surface area contributed by atoms with Crippen LogP contribution in [0, 0.1) is 0 Å². The smallest absolute Gasteiger partial charge is 0.229 e. The zero-order valence-corrected chi connectivity index (χ0v) is 10.5. The quantitative estimate of drug-likeness (QED) is 0.801. The standard InChI is InChI=1S/C11H19N3OS/c1-2-5-16-7-10-13-11(15-14-10)8-3-4-9(12)6-8/h8-9H,2-7,12H2,1H3/t8-,9+/m1/s1. The maximum atomic E-state index is 5.87. The molecule has 1 aromatic heterocycles. The molecule has 0 unspecified atom stereocenters. The normalized spacial score (nSPS) is 25.1. The number of hydrogen-bond acceptors (Lipinski definition) is 5. The lowest BCUT2D eigenvalue weighted by atomic mass is 10.1. The lowest BCUT2D eigenvalue weighted by molar-refractivity contribution is 0.350. The van der Waals surface area contributed by atoms with Crippen molar-refractivity contribution in [3.05, 3.63) is 11.7 Å². The van der Waals surface area contributed by atoms with Gasteiger partial charge < -0.3 is 10.3 Å². The minimum absolute atomic E-state index is 0.315. The predicted octanol–water partition coefficient (Wildman–Crippen LogP) is 2.31. The van der Waals surface area contributed by atoms with E-state index in [2.05, 4.69) is 17.1 Å². The third-order valence-electron chi connectivity index (χ3n) is 2.89. The summed E-state index contributed by atoms with van der Waals surface area (Å²) in [6.45, 7) is 2.18. The molecular formula is C11H19N3OS. The highest BCUT2D eigenvalue weighted by Gasteiger charge is 2.27. The van der Waals surface area contributed by atoms with Gasteiger partial charge in [-0.1, -0.05) is 12.1 Å². The second-order valence-electron chi connectivity index (χ2n) is 4.37. The van der Waals surface area contributed by atoms with Crippen LogP contribution in [0.4, 0.5) is 0 Å². The van der Waals surface area contributed by atoms with Crippen molar-refractivity contribution in [1.29, 1.82) is 0 Å². The summed E-state index contributed by atoms with van der Waals surface area (Å²) >= 11 is 1.85. The highest BCUT2D eigenvalue weighted by atomic mass is 32.2. The molecule has 1 saturated carbocycles. The van der Waals surface area contributed by atoms with E-state index >= 15 is 0 Å². The van der Waals surface area contributed by atoms with E-state index in [1.54, 1.807) is 0 Å². The molecule has 2 rings (SSSR count). The van der Waals surface area contributed by atoms with Gasteiger partial charge in [0.2, 0.25) is 5.89 Å². The fourth-order valence-electron chi connectivity index (χ4n) is 2.04. The second kappa shape index (κ2) is 5.68. The Labute approximate surface area is 100 Å². The first kappa shape index (κ1) is 11.9. The summed E-state index contributed by atoms with van der Waals surface area (Å²) in [5, 5.41) is 4.01. The number of nitrogens with zero attached hydrogens (tertiary/aromatic N) is 2. The maximum Gasteiger partial charge on any atom is 0.229 e. The van der Waals surface area contributed by atoms with Crippen molar-refractivity contribution >= 4 is 11.8 Å². The molecule has 0 bridgehead atoms. The number of rotatable bonds is 5. The minimum atomic E-state index is 0.315. The van der Waals surface area contributed by atoms with Crippen molar-refractivity contribution in [2.45, 2.75) is 50.3 Å². The Hall–Kier alpha value is -0.550. The fourth-order valence-corrected chi connectivity index (χ4v) is 2.77. The molecule has 0 aromatic carbocycles. The number of aromatic nitrogens is 2. The van der Waals surface area contributed by atoms with E-state index in [1.165, 1.54) is 6.42 Å². The van der Waals surface area contributed by atoms with E-state index in [9.17, 15) is 0 Å². The van der Waals surface area contributed by atoms with Crippen LogP contribution in [0.25, 0.3) is 0 Å². The van der Waals surface area contributed by atoms with E-state index in [1.807, 2.05) is 11.8 Å². The molecule has 90 valence electrons. The molecule has 0 radical (unpaired) electrons. The molecular weight excluding hydrogens is 222 g/mol. The molecule has 5 heteroatoms. The van der Waals surface area contributed by atoms with Gasteiger partial charge in [-0.25, -0.2) is 0 Å². The average molecular weight is 241 g/mol. The highest BCUT2D eigenvalue weighted by molar-refractivity contribution is 7.98. The SMILES string of the molecule is CCCSCc1noc([C@@H]2CC[C@H](N)C2)n1. The van der Waals surface area contributed by atoms with Crippen LogP contribution >= 0.6 is 11.8 Å². The van der Waals surface area contributed by atoms with Crippen LogP contribution in [0.1, 0.15) is 50.2 Å². The third-order valence-corrected chi connectivity index (χ3v) is 4.05. The molecule has 1 heterocycles. The summed E-state index contributed by atoms with van der Waals surface area (Å²) in [4.78, 5) is 4.44.